The van der Waals surface area contributed by atoms with Gasteiger partial charge in [0, 0.05) is 0 Å². The minimum absolute atomic E-state index is 0.329. The molecule has 0 unspecified atom stereocenters. The number of nitrogens with one attached hydrogen (secondary N) is 1. The molecule has 0 saturated carbocycles. The molecule has 0 aliphatic carbocycles. The Kier molecular flexibility index (Phi) is 3.72. The van der Waals surface area contributed by atoms with Gasteiger partial charge in [-0.2, -0.15) is 8.42 Å². The Hall–Kier alpha value is -0.160. The summed E-state index contributed by atoms with van der Waals surface area (Å²) in [5, 5.41) is 2.71. The lowest BCUT2D eigenvalue weighted by Gasteiger charge is -1.93. The average Bonchev–Trinajstić information content (AvgIpc) is 1.63. The highest BCUT2D eigenvalue weighted by Crippen LogP contribution is 1.92. The van der Waals surface area contributed by atoms with Crippen LogP contribution in [-0.4, -0.2) is 27.8 Å². The lowest BCUT2D eigenvalue weighted by molar-refractivity contribution is 0.548. The Morgan fingerprint density at radius 3 is 2.44 bits per heavy atom. The lowest BCUT2D eigenvalue weighted by atomic mass is 10.5. The van der Waals surface area contributed by atoms with Crippen LogP contribution in [0.5, 0.6) is 0 Å². The highest BCUT2D eigenvalue weighted by Gasteiger charge is 2.04. The molecule has 0 radical (unpaired) electrons. The maximum atomic E-state index is 11.7. The van der Waals surface area contributed by atoms with Crippen molar-refractivity contribution in [3.8, 4) is 0 Å². The molecule has 0 aliphatic rings. The second-order valence-electron chi connectivity index (χ2n) is 1.70. The molecule has 0 aliphatic heterocycles. The molecular weight excluding hydrogens is 145 g/mol. The zero-order valence-corrected chi connectivity index (χ0v) is 6.04. The third-order valence-corrected chi connectivity index (χ3v) is 1.59. The minimum Gasteiger partial charge on any atom is -0.320 e. The molecule has 9 heavy (non-hydrogen) atoms. The molecule has 0 saturated heterocycles. The van der Waals surface area contributed by atoms with Gasteiger partial charge in [-0.05, 0) is 20.0 Å². The fourth-order valence-corrected chi connectivity index (χ4v) is 0.910. The van der Waals surface area contributed by atoms with Crippen molar-refractivity contribution in [2.45, 2.75) is 6.42 Å². The van der Waals surface area contributed by atoms with Gasteiger partial charge in [-0.15, -0.1) is 3.89 Å². The maximum Gasteiger partial charge on any atom is 0.302 e. The summed E-state index contributed by atoms with van der Waals surface area (Å²) in [6, 6.07) is 0. The summed E-state index contributed by atoms with van der Waals surface area (Å²) in [5.41, 5.74) is 0. The second kappa shape index (κ2) is 3.79. The van der Waals surface area contributed by atoms with Gasteiger partial charge in [0.25, 0.3) is 0 Å². The first-order valence-electron chi connectivity index (χ1n) is 2.63. The Balaban J connectivity index is 3.30. The van der Waals surface area contributed by atoms with Crippen molar-refractivity contribution >= 4 is 10.2 Å². The van der Waals surface area contributed by atoms with E-state index in [1.807, 2.05) is 0 Å². The van der Waals surface area contributed by atoms with Crippen LogP contribution in [0, 0.1) is 0 Å². The molecule has 0 fully saturated rings. The van der Waals surface area contributed by atoms with E-state index in [1.54, 1.807) is 7.05 Å². The predicted octanol–water partition coefficient (Wildman–Crippen LogP) is -0.105. The fourth-order valence-electron chi connectivity index (χ4n) is 0.421. The Labute approximate surface area is 54.5 Å². The van der Waals surface area contributed by atoms with Gasteiger partial charge in [-0.1, -0.05) is 0 Å². The van der Waals surface area contributed by atoms with Crippen LogP contribution in [0.2, 0.25) is 0 Å². The molecule has 0 atom stereocenters. The molecule has 56 valence electrons. The van der Waals surface area contributed by atoms with Crippen LogP contribution < -0.4 is 5.32 Å². The van der Waals surface area contributed by atoms with Gasteiger partial charge in [0.2, 0.25) is 0 Å². The lowest BCUT2D eigenvalue weighted by Crippen LogP contribution is -2.11. The van der Waals surface area contributed by atoms with Crippen molar-refractivity contribution in [1.82, 2.24) is 5.32 Å². The van der Waals surface area contributed by atoms with Crippen LogP contribution in [0.15, 0.2) is 0 Å². The molecule has 0 bridgehead atoms. The minimum atomic E-state index is -4.24. The largest absolute Gasteiger partial charge is 0.320 e. The van der Waals surface area contributed by atoms with Gasteiger partial charge >= 0.3 is 10.2 Å². The van der Waals surface area contributed by atoms with E-state index in [0.717, 1.165) is 0 Å². The van der Waals surface area contributed by atoms with Crippen molar-refractivity contribution in [1.29, 1.82) is 0 Å². The Morgan fingerprint density at radius 1 is 1.56 bits per heavy atom. The van der Waals surface area contributed by atoms with Gasteiger partial charge in [-0.25, -0.2) is 0 Å². The van der Waals surface area contributed by atoms with Gasteiger partial charge in [0.15, 0.2) is 0 Å². The van der Waals surface area contributed by atoms with Crippen LogP contribution in [0.1, 0.15) is 6.42 Å². The summed E-state index contributed by atoms with van der Waals surface area (Å²) in [6.07, 6.45) is 0.329. The summed E-state index contributed by atoms with van der Waals surface area (Å²) < 4.78 is 31.3. The molecule has 0 heterocycles. The molecule has 5 heteroatoms. The van der Waals surface area contributed by atoms with E-state index in [-0.39, 0.29) is 5.75 Å². The number of rotatable bonds is 4. The molecule has 0 amide bonds. The first-order valence-corrected chi connectivity index (χ1v) is 4.18. The average molecular weight is 155 g/mol. The highest BCUT2D eigenvalue weighted by atomic mass is 32.3. The molecule has 0 aromatic rings. The topological polar surface area (TPSA) is 46.2 Å². The SMILES string of the molecule is CNCCCS(=O)(=O)F. The zero-order chi connectivity index (χ0) is 7.33. The molecule has 0 spiro atoms. The summed E-state index contributed by atoms with van der Waals surface area (Å²) in [7, 11) is -2.55. The van der Waals surface area contributed by atoms with Crippen molar-refractivity contribution < 1.29 is 12.3 Å². The fraction of sp³-hybridized carbons (Fsp3) is 1.00. The number of hydrogen-bond donors (Lipinski definition) is 1. The van der Waals surface area contributed by atoms with E-state index >= 15 is 0 Å². The third kappa shape index (κ3) is 7.84. The Bertz CT molecular complexity index is 154. The molecule has 3 nitrogen and oxygen atoms in total. The van der Waals surface area contributed by atoms with E-state index in [1.165, 1.54) is 0 Å². The summed E-state index contributed by atoms with van der Waals surface area (Å²) in [4.78, 5) is 0. The van der Waals surface area contributed by atoms with Gasteiger partial charge in [0.1, 0.15) is 0 Å². The Morgan fingerprint density at radius 2 is 2.11 bits per heavy atom. The van der Waals surface area contributed by atoms with Crippen molar-refractivity contribution in [3.63, 3.8) is 0 Å². The summed E-state index contributed by atoms with van der Waals surface area (Å²) in [5.74, 6) is -0.381. The van der Waals surface area contributed by atoms with Crippen LogP contribution in [0.25, 0.3) is 0 Å². The van der Waals surface area contributed by atoms with E-state index in [4.69, 9.17) is 0 Å². The van der Waals surface area contributed by atoms with E-state index in [2.05, 4.69) is 5.32 Å². The summed E-state index contributed by atoms with van der Waals surface area (Å²) >= 11 is 0. The smallest absolute Gasteiger partial charge is 0.302 e. The normalized spacial score (nSPS) is 11.8. The van der Waals surface area contributed by atoms with Gasteiger partial charge in [0.05, 0.1) is 5.75 Å². The monoisotopic (exact) mass is 155 g/mol. The van der Waals surface area contributed by atoms with Crippen LogP contribution in [0.3, 0.4) is 0 Å². The van der Waals surface area contributed by atoms with Crippen LogP contribution in [0.4, 0.5) is 3.89 Å². The first kappa shape index (κ1) is 8.84. The third-order valence-electron chi connectivity index (χ3n) is 0.815. The van der Waals surface area contributed by atoms with Crippen molar-refractivity contribution in [3.05, 3.63) is 0 Å². The van der Waals surface area contributed by atoms with E-state index in [9.17, 15) is 12.3 Å². The number of halogens is 1. The first-order chi connectivity index (χ1) is 4.06. The van der Waals surface area contributed by atoms with Gasteiger partial charge in [-0.3, -0.25) is 0 Å². The van der Waals surface area contributed by atoms with Crippen LogP contribution >= 0.6 is 0 Å². The molecule has 0 aromatic carbocycles. The number of hydrogen-bond acceptors (Lipinski definition) is 3. The van der Waals surface area contributed by atoms with Crippen molar-refractivity contribution in [2.24, 2.45) is 0 Å². The maximum absolute atomic E-state index is 11.7. The van der Waals surface area contributed by atoms with Crippen LogP contribution in [-0.2, 0) is 10.2 Å². The van der Waals surface area contributed by atoms with E-state index in [0.29, 0.717) is 13.0 Å². The second-order valence-corrected chi connectivity index (χ2v) is 3.19. The standard InChI is InChI=1S/C4H10FNO2S/c1-6-3-2-4-9(5,7)8/h6H,2-4H2,1H3. The zero-order valence-electron chi connectivity index (χ0n) is 5.22. The highest BCUT2D eigenvalue weighted by molar-refractivity contribution is 7.86. The molecular formula is C4H10FNO2S. The summed E-state index contributed by atoms with van der Waals surface area (Å²) in [6.45, 7) is 0.531. The quantitative estimate of drug-likeness (QED) is 0.455. The predicted molar refractivity (Wildman–Crippen MR) is 33.4 cm³/mol. The van der Waals surface area contributed by atoms with Gasteiger partial charge < -0.3 is 5.32 Å². The molecule has 0 aromatic heterocycles. The van der Waals surface area contributed by atoms with E-state index < -0.39 is 10.2 Å². The molecule has 0 rings (SSSR count). The molecule has 1 N–H and O–H groups in total. The van der Waals surface area contributed by atoms with Crippen molar-refractivity contribution in [2.75, 3.05) is 19.3 Å².